The van der Waals surface area contributed by atoms with E-state index in [1.54, 1.807) is 0 Å². The van der Waals surface area contributed by atoms with Crippen molar-refractivity contribution in [1.82, 2.24) is 10.2 Å². The number of methoxy groups -OCH3 is 1. The zero-order valence-electron chi connectivity index (χ0n) is 9.40. The number of nitrogens with one attached hydrogen (secondary N) is 1. The summed E-state index contributed by atoms with van der Waals surface area (Å²) >= 11 is 0. The van der Waals surface area contributed by atoms with Crippen LogP contribution >= 0.6 is 0 Å². The molecule has 1 aliphatic heterocycles. The van der Waals surface area contributed by atoms with Gasteiger partial charge in [0.1, 0.15) is 6.04 Å². The van der Waals surface area contributed by atoms with Crippen molar-refractivity contribution in [2.45, 2.75) is 24.9 Å². The highest BCUT2D eigenvalue weighted by Gasteiger charge is 2.23. The lowest BCUT2D eigenvalue weighted by Gasteiger charge is -2.31. The number of aliphatic carboxylic acids is 1. The molecular formula is C10H20N2O3. The Morgan fingerprint density at radius 3 is 2.67 bits per heavy atom. The van der Waals surface area contributed by atoms with Crippen LogP contribution in [0.5, 0.6) is 0 Å². The summed E-state index contributed by atoms with van der Waals surface area (Å²) in [4.78, 5) is 13.1. The van der Waals surface area contributed by atoms with Crippen molar-refractivity contribution < 1.29 is 14.6 Å². The maximum atomic E-state index is 10.9. The molecule has 1 aliphatic rings. The Bertz CT molecular complexity index is 203. The Morgan fingerprint density at radius 2 is 2.20 bits per heavy atom. The number of nitrogens with zero attached hydrogens (tertiary/aromatic N) is 1. The van der Waals surface area contributed by atoms with Crippen molar-refractivity contribution in [1.29, 1.82) is 0 Å². The average Bonchev–Trinajstić information content (AvgIpc) is 2.20. The van der Waals surface area contributed by atoms with E-state index in [9.17, 15) is 4.79 Å². The van der Waals surface area contributed by atoms with Gasteiger partial charge in [0.15, 0.2) is 0 Å². The van der Waals surface area contributed by atoms with Gasteiger partial charge >= 0.3 is 5.97 Å². The van der Waals surface area contributed by atoms with Crippen LogP contribution in [-0.4, -0.2) is 61.9 Å². The van der Waals surface area contributed by atoms with Gasteiger partial charge < -0.3 is 14.7 Å². The van der Waals surface area contributed by atoms with Gasteiger partial charge in [0.05, 0.1) is 6.61 Å². The fourth-order valence-electron chi connectivity index (χ4n) is 1.82. The molecule has 1 saturated heterocycles. The van der Waals surface area contributed by atoms with E-state index < -0.39 is 12.0 Å². The van der Waals surface area contributed by atoms with Gasteiger partial charge in [0.2, 0.25) is 0 Å². The van der Waals surface area contributed by atoms with Crippen LogP contribution in [0.15, 0.2) is 0 Å². The quantitative estimate of drug-likeness (QED) is 0.664. The van der Waals surface area contributed by atoms with Gasteiger partial charge in [-0.2, -0.15) is 0 Å². The first-order valence-corrected chi connectivity index (χ1v) is 5.30. The fourth-order valence-corrected chi connectivity index (χ4v) is 1.82. The smallest absolute Gasteiger partial charge is 0.323 e. The topological polar surface area (TPSA) is 61.8 Å². The van der Waals surface area contributed by atoms with Crippen molar-refractivity contribution in [3.05, 3.63) is 0 Å². The highest BCUT2D eigenvalue weighted by molar-refractivity contribution is 5.73. The third kappa shape index (κ3) is 4.15. The molecule has 5 heteroatoms. The van der Waals surface area contributed by atoms with Crippen LogP contribution in [-0.2, 0) is 9.53 Å². The summed E-state index contributed by atoms with van der Waals surface area (Å²) in [5.74, 6) is -0.837. The minimum Gasteiger partial charge on any atom is -0.480 e. The summed E-state index contributed by atoms with van der Waals surface area (Å²) in [6.45, 7) is 2.27. The van der Waals surface area contributed by atoms with Gasteiger partial charge in [0, 0.05) is 13.2 Å². The second-order valence-corrected chi connectivity index (χ2v) is 4.09. The molecule has 88 valence electrons. The summed E-state index contributed by atoms with van der Waals surface area (Å²) in [5.41, 5.74) is 0. The fraction of sp³-hybridized carbons (Fsp3) is 0.900. The molecule has 0 aliphatic carbocycles. The normalized spacial score (nSPS) is 21.5. The lowest BCUT2D eigenvalue weighted by atomic mass is 10.0. The van der Waals surface area contributed by atoms with E-state index in [0.717, 1.165) is 25.9 Å². The molecule has 1 heterocycles. The maximum Gasteiger partial charge on any atom is 0.323 e. The Balaban J connectivity index is 2.34. The van der Waals surface area contributed by atoms with Gasteiger partial charge in [-0.1, -0.05) is 0 Å². The predicted octanol–water partition coefficient (Wildman–Crippen LogP) is -0.230. The molecule has 0 radical (unpaired) electrons. The molecule has 2 N–H and O–H groups in total. The molecule has 1 fully saturated rings. The van der Waals surface area contributed by atoms with Crippen LogP contribution in [0, 0.1) is 0 Å². The number of carbonyl (C=O) groups is 1. The zero-order chi connectivity index (χ0) is 11.3. The highest BCUT2D eigenvalue weighted by Crippen LogP contribution is 2.09. The molecular weight excluding hydrogens is 196 g/mol. The molecule has 0 aromatic carbocycles. The molecule has 15 heavy (non-hydrogen) atoms. The number of rotatable bonds is 5. The van der Waals surface area contributed by atoms with Crippen LogP contribution in [0.2, 0.25) is 0 Å². The van der Waals surface area contributed by atoms with Crippen molar-refractivity contribution in [3.63, 3.8) is 0 Å². The SMILES string of the molecule is COCC(NC1CCN(C)CC1)C(=O)O. The molecule has 0 aromatic heterocycles. The van der Waals surface area contributed by atoms with Gasteiger partial charge in [-0.15, -0.1) is 0 Å². The molecule has 5 nitrogen and oxygen atoms in total. The van der Waals surface area contributed by atoms with Gasteiger partial charge in [-0.05, 0) is 33.0 Å². The van der Waals surface area contributed by atoms with Crippen LogP contribution in [0.3, 0.4) is 0 Å². The van der Waals surface area contributed by atoms with E-state index in [1.165, 1.54) is 7.11 Å². The maximum absolute atomic E-state index is 10.9. The molecule has 0 aromatic rings. The van der Waals surface area contributed by atoms with Crippen LogP contribution in [0.25, 0.3) is 0 Å². The number of piperidine rings is 1. The summed E-state index contributed by atoms with van der Waals surface area (Å²) < 4.78 is 4.87. The van der Waals surface area contributed by atoms with E-state index in [2.05, 4.69) is 17.3 Å². The van der Waals surface area contributed by atoms with Crippen LogP contribution in [0.4, 0.5) is 0 Å². The van der Waals surface area contributed by atoms with Crippen molar-refractivity contribution in [3.8, 4) is 0 Å². The van der Waals surface area contributed by atoms with Gasteiger partial charge in [-0.25, -0.2) is 0 Å². The first-order valence-electron chi connectivity index (χ1n) is 5.30. The number of carboxylic acid groups (broad SMARTS) is 1. The summed E-state index contributed by atoms with van der Waals surface area (Å²) in [7, 11) is 3.60. The van der Waals surface area contributed by atoms with Gasteiger partial charge in [0.25, 0.3) is 0 Å². The molecule has 0 saturated carbocycles. The standard InChI is InChI=1S/C10H20N2O3/c1-12-5-3-8(4-6-12)11-9(7-15-2)10(13)14/h8-9,11H,3-7H2,1-2H3,(H,13,14). The number of hydrogen-bond donors (Lipinski definition) is 2. The van der Waals surface area contributed by atoms with E-state index >= 15 is 0 Å². The molecule has 0 amide bonds. The third-order valence-corrected chi connectivity index (χ3v) is 2.79. The molecule has 1 rings (SSSR count). The van der Waals surface area contributed by atoms with Crippen LogP contribution in [0.1, 0.15) is 12.8 Å². The zero-order valence-corrected chi connectivity index (χ0v) is 9.40. The van der Waals surface area contributed by atoms with E-state index in [1.807, 2.05) is 0 Å². The first-order chi connectivity index (χ1) is 7.13. The first kappa shape index (κ1) is 12.4. The molecule has 1 unspecified atom stereocenters. The summed E-state index contributed by atoms with van der Waals surface area (Å²) in [6.07, 6.45) is 2.01. The molecule has 0 bridgehead atoms. The third-order valence-electron chi connectivity index (χ3n) is 2.79. The van der Waals surface area contributed by atoms with Gasteiger partial charge in [-0.3, -0.25) is 10.1 Å². The predicted molar refractivity (Wildman–Crippen MR) is 57.0 cm³/mol. The van der Waals surface area contributed by atoms with E-state index in [4.69, 9.17) is 9.84 Å². The summed E-state index contributed by atoms with van der Waals surface area (Å²) in [5, 5.41) is 12.1. The van der Waals surface area contributed by atoms with E-state index in [-0.39, 0.29) is 6.61 Å². The second-order valence-electron chi connectivity index (χ2n) is 4.09. The largest absolute Gasteiger partial charge is 0.480 e. The number of hydrogen-bond acceptors (Lipinski definition) is 4. The number of likely N-dealkylation sites (tertiary alicyclic amines) is 1. The Kier molecular flexibility index (Phi) is 5.01. The number of ether oxygens (including phenoxy) is 1. The van der Waals surface area contributed by atoms with Crippen molar-refractivity contribution in [2.75, 3.05) is 33.9 Å². The van der Waals surface area contributed by atoms with Crippen molar-refractivity contribution in [2.24, 2.45) is 0 Å². The van der Waals surface area contributed by atoms with Crippen molar-refractivity contribution >= 4 is 5.97 Å². The van der Waals surface area contributed by atoms with E-state index in [0.29, 0.717) is 6.04 Å². The average molecular weight is 216 g/mol. The molecule has 0 spiro atoms. The minimum absolute atomic E-state index is 0.224. The second kappa shape index (κ2) is 6.05. The Labute approximate surface area is 90.4 Å². The highest BCUT2D eigenvalue weighted by atomic mass is 16.5. The Morgan fingerprint density at radius 1 is 1.60 bits per heavy atom. The Hall–Kier alpha value is -0.650. The van der Waals surface area contributed by atoms with Crippen LogP contribution < -0.4 is 5.32 Å². The minimum atomic E-state index is -0.837. The lowest BCUT2D eigenvalue weighted by Crippen LogP contribution is -2.49. The monoisotopic (exact) mass is 216 g/mol. The summed E-state index contributed by atoms with van der Waals surface area (Å²) in [6, 6.07) is -0.277. The molecule has 1 atom stereocenters. The number of carboxylic acids is 1. The lowest BCUT2D eigenvalue weighted by molar-refractivity contribution is -0.141.